The van der Waals surface area contributed by atoms with Gasteiger partial charge in [0.05, 0.1) is 5.69 Å². The van der Waals surface area contributed by atoms with Gasteiger partial charge in [-0.25, -0.2) is 4.39 Å². The third-order valence-corrected chi connectivity index (χ3v) is 2.65. The molecule has 0 bridgehead atoms. The summed E-state index contributed by atoms with van der Waals surface area (Å²) in [5.41, 5.74) is 1.98. The molecule has 88 valence electrons. The van der Waals surface area contributed by atoms with E-state index < -0.39 is 0 Å². The standard InChI is InChI=1S/C11H8Cl2FN3/c1-6-2-3-7(14)4-8(6)15-9-5-10(12)16-17-11(9)13/h2-5H,1H3,(H,15,16). The number of benzene rings is 1. The highest BCUT2D eigenvalue weighted by atomic mass is 35.5. The minimum Gasteiger partial charge on any atom is -0.353 e. The van der Waals surface area contributed by atoms with Crippen molar-refractivity contribution >= 4 is 34.6 Å². The smallest absolute Gasteiger partial charge is 0.175 e. The summed E-state index contributed by atoms with van der Waals surface area (Å²) in [6.07, 6.45) is 0. The second-order valence-electron chi connectivity index (χ2n) is 3.46. The minimum absolute atomic E-state index is 0.179. The predicted octanol–water partition coefficient (Wildman–Crippen LogP) is 3.97. The molecule has 1 aromatic heterocycles. The van der Waals surface area contributed by atoms with Crippen LogP contribution in [-0.4, -0.2) is 10.2 Å². The number of hydrogen-bond donors (Lipinski definition) is 1. The van der Waals surface area contributed by atoms with Crippen molar-refractivity contribution in [1.29, 1.82) is 0 Å². The summed E-state index contributed by atoms with van der Waals surface area (Å²) in [6.45, 7) is 1.85. The Morgan fingerprint density at radius 2 is 1.88 bits per heavy atom. The van der Waals surface area contributed by atoms with Crippen molar-refractivity contribution < 1.29 is 4.39 Å². The Morgan fingerprint density at radius 1 is 1.12 bits per heavy atom. The molecule has 6 heteroatoms. The summed E-state index contributed by atoms with van der Waals surface area (Å²) in [7, 11) is 0. The summed E-state index contributed by atoms with van der Waals surface area (Å²) in [6, 6.07) is 5.96. The van der Waals surface area contributed by atoms with Gasteiger partial charge in [-0.3, -0.25) is 0 Å². The topological polar surface area (TPSA) is 37.8 Å². The number of aryl methyl sites for hydroxylation is 1. The molecule has 0 spiro atoms. The van der Waals surface area contributed by atoms with Gasteiger partial charge in [-0.1, -0.05) is 29.3 Å². The van der Waals surface area contributed by atoms with E-state index in [4.69, 9.17) is 23.2 Å². The molecule has 0 atom stereocenters. The Bertz CT molecular complexity index is 511. The Morgan fingerprint density at radius 3 is 2.65 bits per heavy atom. The molecule has 0 saturated carbocycles. The number of nitrogens with one attached hydrogen (secondary N) is 1. The highest BCUT2D eigenvalue weighted by molar-refractivity contribution is 6.33. The molecule has 0 aliphatic rings. The van der Waals surface area contributed by atoms with Gasteiger partial charge in [0.15, 0.2) is 10.3 Å². The van der Waals surface area contributed by atoms with Crippen LogP contribution in [0.25, 0.3) is 0 Å². The molecule has 2 rings (SSSR count). The molecule has 3 nitrogen and oxygen atoms in total. The molecule has 1 aromatic carbocycles. The maximum atomic E-state index is 13.1. The first-order valence-electron chi connectivity index (χ1n) is 4.78. The van der Waals surface area contributed by atoms with Gasteiger partial charge in [0.1, 0.15) is 5.82 Å². The van der Waals surface area contributed by atoms with Gasteiger partial charge < -0.3 is 5.32 Å². The lowest BCUT2D eigenvalue weighted by atomic mass is 10.2. The number of nitrogens with zero attached hydrogens (tertiary/aromatic N) is 2. The lowest BCUT2D eigenvalue weighted by Crippen LogP contribution is -1.97. The molecule has 0 aliphatic carbocycles. The zero-order valence-electron chi connectivity index (χ0n) is 8.84. The Hall–Kier alpha value is -1.39. The number of anilines is 2. The largest absolute Gasteiger partial charge is 0.353 e. The number of aromatic nitrogens is 2. The second kappa shape index (κ2) is 4.85. The van der Waals surface area contributed by atoms with Gasteiger partial charge in [0, 0.05) is 11.8 Å². The molecule has 0 aliphatic heterocycles. The van der Waals surface area contributed by atoms with Gasteiger partial charge in [0.25, 0.3) is 0 Å². The summed E-state index contributed by atoms with van der Waals surface area (Å²) in [5, 5.41) is 10.6. The van der Waals surface area contributed by atoms with Gasteiger partial charge in [0.2, 0.25) is 0 Å². The van der Waals surface area contributed by atoms with Crippen LogP contribution in [0, 0.1) is 12.7 Å². The first-order chi connectivity index (χ1) is 8.06. The molecule has 0 amide bonds. The third-order valence-electron chi connectivity index (χ3n) is 2.19. The molecule has 0 unspecified atom stereocenters. The third kappa shape index (κ3) is 2.84. The van der Waals surface area contributed by atoms with Gasteiger partial charge in [-0.2, -0.15) is 0 Å². The van der Waals surface area contributed by atoms with Crippen molar-refractivity contribution in [3.8, 4) is 0 Å². The number of halogens is 3. The normalized spacial score (nSPS) is 10.4. The van der Waals surface area contributed by atoms with Crippen molar-refractivity contribution in [3.63, 3.8) is 0 Å². The Labute approximate surface area is 108 Å². The van der Waals surface area contributed by atoms with E-state index in [9.17, 15) is 4.39 Å². The molecule has 0 saturated heterocycles. The lowest BCUT2D eigenvalue weighted by Gasteiger charge is -2.10. The highest BCUT2D eigenvalue weighted by Crippen LogP contribution is 2.27. The monoisotopic (exact) mass is 271 g/mol. The molecule has 2 aromatic rings. The van der Waals surface area contributed by atoms with Crippen LogP contribution in [0.3, 0.4) is 0 Å². The van der Waals surface area contributed by atoms with E-state index in [2.05, 4.69) is 15.5 Å². The maximum absolute atomic E-state index is 13.1. The first-order valence-corrected chi connectivity index (χ1v) is 5.54. The predicted molar refractivity (Wildman–Crippen MR) is 66.5 cm³/mol. The molecule has 1 heterocycles. The van der Waals surface area contributed by atoms with E-state index in [1.54, 1.807) is 6.07 Å². The van der Waals surface area contributed by atoms with Crippen LogP contribution in [0.5, 0.6) is 0 Å². The van der Waals surface area contributed by atoms with Crippen LogP contribution in [-0.2, 0) is 0 Å². The quantitative estimate of drug-likeness (QED) is 0.898. The van der Waals surface area contributed by atoms with E-state index in [0.29, 0.717) is 11.4 Å². The van der Waals surface area contributed by atoms with E-state index in [-0.39, 0.29) is 16.1 Å². The van der Waals surface area contributed by atoms with Crippen LogP contribution in [0.1, 0.15) is 5.56 Å². The average molecular weight is 272 g/mol. The zero-order chi connectivity index (χ0) is 12.4. The van der Waals surface area contributed by atoms with Crippen molar-refractivity contribution in [2.24, 2.45) is 0 Å². The molecular formula is C11H8Cl2FN3. The molecular weight excluding hydrogens is 264 g/mol. The Kier molecular flexibility index (Phi) is 3.45. The van der Waals surface area contributed by atoms with Crippen molar-refractivity contribution in [3.05, 3.63) is 46.0 Å². The van der Waals surface area contributed by atoms with E-state index in [0.717, 1.165) is 5.56 Å². The van der Waals surface area contributed by atoms with E-state index in [1.165, 1.54) is 18.2 Å². The number of hydrogen-bond acceptors (Lipinski definition) is 3. The maximum Gasteiger partial charge on any atom is 0.175 e. The van der Waals surface area contributed by atoms with Crippen molar-refractivity contribution in [1.82, 2.24) is 10.2 Å². The minimum atomic E-state index is -0.331. The van der Waals surface area contributed by atoms with Gasteiger partial charge in [-0.05, 0) is 24.6 Å². The molecule has 1 N–H and O–H groups in total. The van der Waals surface area contributed by atoms with E-state index >= 15 is 0 Å². The van der Waals surface area contributed by atoms with Crippen LogP contribution in [0.15, 0.2) is 24.3 Å². The summed E-state index contributed by atoms with van der Waals surface area (Å²) in [5.74, 6) is -0.331. The van der Waals surface area contributed by atoms with Crippen LogP contribution in [0.2, 0.25) is 10.3 Å². The number of rotatable bonds is 2. The summed E-state index contributed by atoms with van der Waals surface area (Å²) < 4.78 is 13.1. The first kappa shape index (κ1) is 12.1. The fourth-order valence-corrected chi connectivity index (χ4v) is 1.60. The second-order valence-corrected chi connectivity index (χ2v) is 4.20. The fraction of sp³-hybridized carbons (Fsp3) is 0.0909. The van der Waals surface area contributed by atoms with Crippen LogP contribution >= 0.6 is 23.2 Å². The van der Waals surface area contributed by atoms with Gasteiger partial charge >= 0.3 is 0 Å². The highest BCUT2D eigenvalue weighted by Gasteiger charge is 2.06. The van der Waals surface area contributed by atoms with Crippen molar-refractivity contribution in [2.45, 2.75) is 6.92 Å². The van der Waals surface area contributed by atoms with E-state index in [1.807, 2.05) is 6.92 Å². The average Bonchev–Trinajstić information content (AvgIpc) is 2.28. The summed E-state index contributed by atoms with van der Waals surface area (Å²) in [4.78, 5) is 0. The molecule has 17 heavy (non-hydrogen) atoms. The fourth-order valence-electron chi connectivity index (χ4n) is 1.31. The van der Waals surface area contributed by atoms with Gasteiger partial charge in [-0.15, -0.1) is 10.2 Å². The van der Waals surface area contributed by atoms with Crippen LogP contribution in [0.4, 0.5) is 15.8 Å². The molecule has 0 radical (unpaired) electrons. The Balaban J connectivity index is 2.37. The summed E-state index contributed by atoms with van der Waals surface area (Å²) >= 11 is 11.6. The van der Waals surface area contributed by atoms with Crippen LogP contribution < -0.4 is 5.32 Å². The lowest BCUT2D eigenvalue weighted by molar-refractivity contribution is 0.628. The zero-order valence-corrected chi connectivity index (χ0v) is 10.3. The molecule has 0 fully saturated rings. The SMILES string of the molecule is Cc1ccc(F)cc1Nc1cc(Cl)nnc1Cl. The van der Waals surface area contributed by atoms with Crippen molar-refractivity contribution in [2.75, 3.05) is 5.32 Å².